The SMILES string of the molecule is C1CC1.Cc1c(F)c(OCCO)c2[nH]ncc2c1-c1ccn2nc(NC=O)cc2c1. The maximum atomic E-state index is 15.0. The molecule has 1 fully saturated rings. The number of aliphatic hydroxyl groups is 1. The first-order valence-corrected chi connectivity index (χ1v) is 9.72. The molecule has 0 saturated heterocycles. The Kier molecular flexibility index (Phi) is 5.62. The molecule has 0 spiro atoms. The van der Waals surface area contributed by atoms with Crippen molar-refractivity contribution in [1.29, 1.82) is 0 Å². The number of aromatic nitrogens is 4. The Hall–Kier alpha value is -3.46. The van der Waals surface area contributed by atoms with Gasteiger partial charge in [0.15, 0.2) is 17.4 Å². The molecule has 0 unspecified atom stereocenters. The molecule has 0 atom stereocenters. The van der Waals surface area contributed by atoms with E-state index in [2.05, 4.69) is 20.6 Å². The lowest BCUT2D eigenvalue weighted by Crippen LogP contribution is -2.05. The number of carbonyl (C=O) groups excluding carboxylic acids is 1. The van der Waals surface area contributed by atoms with Gasteiger partial charge in [-0.3, -0.25) is 9.89 Å². The van der Waals surface area contributed by atoms with Gasteiger partial charge in [0, 0.05) is 17.6 Å². The van der Waals surface area contributed by atoms with Crippen molar-refractivity contribution >= 4 is 28.6 Å². The van der Waals surface area contributed by atoms with Gasteiger partial charge < -0.3 is 15.2 Å². The number of ether oxygens (including phenoxy) is 1. The van der Waals surface area contributed by atoms with E-state index in [1.807, 2.05) is 12.1 Å². The Morgan fingerprint density at radius 1 is 1.37 bits per heavy atom. The number of benzene rings is 1. The number of fused-ring (bicyclic) bond motifs is 2. The first-order valence-electron chi connectivity index (χ1n) is 9.72. The van der Waals surface area contributed by atoms with Crippen molar-refractivity contribution in [2.75, 3.05) is 18.5 Å². The van der Waals surface area contributed by atoms with Crippen LogP contribution in [-0.2, 0) is 4.79 Å². The van der Waals surface area contributed by atoms with Crippen LogP contribution in [0.25, 0.3) is 27.5 Å². The van der Waals surface area contributed by atoms with Crippen LogP contribution in [-0.4, -0.2) is 44.5 Å². The fourth-order valence-corrected chi connectivity index (χ4v) is 3.18. The van der Waals surface area contributed by atoms with Crippen molar-refractivity contribution in [3.8, 4) is 16.9 Å². The number of anilines is 1. The number of halogens is 1. The Morgan fingerprint density at radius 3 is 2.87 bits per heavy atom. The summed E-state index contributed by atoms with van der Waals surface area (Å²) >= 11 is 0. The second-order valence-corrected chi connectivity index (χ2v) is 7.01. The number of nitrogens with one attached hydrogen (secondary N) is 2. The molecule has 1 aliphatic carbocycles. The van der Waals surface area contributed by atoms with Crippen LogP contribution in [0.1, 0.15) is 24.8 Å². The van der Waals surface area contributed by atoms with Crippen LogP contribution < -0.4 is 10.1 Å². The zero-order chi connectivity index (χ0) is 21.1. The van der Waals surface area contributed by atoms with Gasteiger partial charge in [-0.2, -0.15) is 10.2 Å². The molecular formula is C21H22FN5O3. The number of amides is 1. The van der Waals surface area contributed by atoms with E-state index < -0.39 is 5.82 Å². The fraction of sp³-hybridized carbons (Fsp3) is 0.286. The molecule has 3 heterocycles. The summed E-state index contributed by atoms with van der Waals surface area (Å²) in [6.07, 6.45) is 8.41. The highest BCUT2D eigenvalue weighted by molar-refractivity contribution is 6.00. The molecule has 156 valence electrons. The molecule has 0 radical (unpaired) electrons. The molecule has 3 N–H and O–H groups in total. The van der Waals surface area contributed by atoms with Crippen LogP contribution in [0.15, 0.2) is 30.6 Å². The molecule has 1 aromatic carbocycles. The van der Waals surface area contributed by atoms with E-state index in [0.717, 1.165) is 11.1 Å². The number of nitrogens with zero attached hydrogens (tertiary/aromatic N) is 3. The topological polar surface area (TPSA) is 105 Å². The van der Waals surface area contributed by atoms with E-state index in [1.165, 1.54) is 19.3 Å². The normalized spacial score (nSPS) is 12.5. The van der Waals surface area contributed by atoms with Gasteiger partial charge in [0.05, 0.1) is 18.3 Å². The number of hydrogen-bond donors (Lipinski definition) is 3. The fourth-order valence-electron chi connectivity index (χ4n) is 3.18. The van der Waals surface area contributed by atoms with Crippen LogP contribution in [0.3, 0.4) is 0 Å². The first kappa shape index (κ1) is 19.8. The Bertz CT molecular complexity index is 1200. The van der Waals surface area contributed by atoms with E-state index in [9.17, 15) is 9.18 Å². The third-order valence-electron chi connectivity index (χ3n) is 4.69. The highest BCUT2D eigenvalue weighted by Crippen LogP contribution is 2.39. The Morgan fingerprint density at radius 2 is 2.17 bits per heavy atom. The molecule has 3 aromatic heterocycles. The molecule has 8 nitrogen and oxygen atoms in total. The van der Waals surface area contributed by atoms with Gasteiger partial charge in [-0.05, 0) is 35.7 Å². The predicted molar refractivity (Wildman–Crippen MR) is 111 cm³/mol. The van der Waals surface area contributed by atoms with Gasteiger partial charge in [0.1, 0.15) is 12.1 Å². The van der Waals surface area contributed by atoms with Crippen molar-refractivity contribution in [2.45, 2.75) is 26.2 Å². The molecule has 1 amide bonds. The Balaban J connectivity index is 0.000000667. The van der Waals surface area contributed by atoms with E-state index in [0.29, 0.717) is 34.3 Å². The van der Waals surface area contributed by atoms with Gasteiger partial charge >= 0.3 is 0 Å². The molecule has 0 bridgehead atoms. The summed E-state index contributed by atoms with van der Waals surface area (Å²) in [6, 6.07) is 5.38. The van der Waals surface area contributed by atoms with Crippen molar-refractivity contribution in [3.63, 3.8) is 0 Å². The second-order valence-electron chi connectivity index (χ2n) is 7.01. The summed E-state index contributed by atoms with van der Waals surface area (Å²) < 4.78 is 22.0. The minimum atomic E-state index is -0.508. The third kappa shape index (κ3) is 3.84. The Labute approximate surface area is 171 Å². The number of aromatic amines is 1. The van der Waals surface area contributed by atoms with Crippen molar-refractivity contribution < 1.29 is 19.0 Å². The van der Waals surface area contributed by atoms with E-state index in [-0.39, 0.29) is 19.0 Å². The smallest absolute Gasteiger partial charge is 0.212 e. The summed E-state index contributed by atoms with van der Waals surface area (Å²) in [4.78, 5) is 10.6. The van der Waals surface area contributed by atoms with Gasteiger partial charge in [-0.25, -0.2) is 8.91 Å². The lowest BCUT2D eigenvalue weighted by atomic mass is 9.96. The number of pyridine rings is 1. The van der Waals surface area contributed by atoms with Crippen LogP contribution >= 0.6 is 0 Å². The average Bonchev–Trinajstić information content (AvgIpc) is 3.46. The third-order valence-corrected chi connectivity index (χ3v) is 4.69. The van der Waals surface area contributed by atoms with E-state index in [4.69, 9.17) is 9.84 Å². The van der Waals surface area contributed by atoms with Gasteiger partial charge in [0.2, 0.25) is 6.41 Å². The predicted octanol–water partition coefficient (Wildman–Crippen LogP) is 3.43. The summed E-state index contributed by atoms with van der Waals surface area (Å²) in [5.41, 5.74) is 3.04. The number of hydrogen-bond acceptors (Lipinski definition) is 5. The molecular weight excluding hydrogens is 389 g/mol. The minimum Gasteiger partial charge on any atom is -0.486 e. The van der Waals surface area contributed by atoms with Crippen molar-refractivity contribution in [3.05, 3.63) is 42.0 Å². The number of H-pyrrole nitrogens is 1. The van der Waals surface area contributed by atoms with E-state index in [1.54, 1.807) is 29.9 Å². The van der Waals surface area contributed by atoms with Crippen LogP contribution in [0, 0.1) is 12.7 Å². The summed E-state index contributed by atoms with van der Waals surface area (Å²) in [5.74, 6) is -0.0427. The highest BCUT2D eigenvalue weighted by atomic mass is 19.1. The molecule has 5 rings (SSSR count). The van der Waals surface area contributed by atoms with Crippen molar-refractivity contribution in [2.24, 2.45) is 0 Å². The number of aliphatic hydroxyl groups excluding tert-OH is 1. The van der Waals surface area contributed by atoms with Gasteiger partial charge in [0.25, 0.3) is 0 Å². The standard InChI is InChI=1S/C18H16FN5O3.C3H6/c1-10-15(11-2-3-24-12(6-11)7-14(23-24)20-9-26)13-8-21-22-17(13)18(16(10)19)27-5-4-25;1-2-3-1/h2-3,6-9,25H,4-5H2,1H3,(H,21,22)(H,20,23,26);1-3H2. The van der Waals surface area contributed by atoms with Crippen LogP contribution in [0.2, 0.25) is 0 Å². The summed E-state index contributed by atoms with van der Waals surface area (Å²) in [5, 5.41) is 23.2. The van der Waals surface area contributed by atoms with Crippen molar-refractivity contribution in [1.82, 2.24) is 19.8 Å². The largest absolute Gasteiger partial charge is 0.486 e. The lowest BCUT2D eigenvalue weighted by molar-refractivity contribution is -0.105. The quantitative estimate of drug-likeness (QED) is 0.422. The second kappa shape index (κ2) is 8.50. The average molecular weight is 411 g/mol. The maximum Gasteiger partial charge on any atom is 0.212 e. The first-order chi connectivity index (χ1) is 14.6. The number of carbonyl (C=O) groups is 1. The molecule has 1 saturated carbocycles. The van der Waals surface area contributed by atoms with Gasteiger partial charge in [-0.15, -0.1) is 0 Å². The maximum absolute atomic E-state index is 15.0. The monoisotopic (exact) mass is 411 g/mol. The summed E-state index contributed by atoms with van der Waals surface area (Å²) in [7, 11) is 0. The highest BCUT2D eigenvalue weighted by Gasteiger charge is 2.21. The zero-order valence-corrected chi connectivity index (χ0v) is 16.5. The minimum absolute atomic E-state index is 0.0158. The van der Waals surface area contributed by atoms with Crippen LogP contribution in [0.5, 0.6) is 5.75 Å². The number of rotatable bonds is 6. The molecule has 9 heteroatoms. The molecule has 0 aliphatic heterocycles. The zero-order valence-electron chi connectivity index (χ0n) is 16.5. The lowest BCUT2D eigenvalue weighted by Gasteiger charge is -2.14. The van der Waals surface area contributed by atoms with E-state index >= 15 is 0 Å². The van der Waals surface area contributed by atoms with Crippen LogP contribution in [0.4, 0.5) is 10.2 Å². The molecule has 30 heavy (non-hydrogen) atoms. The van der Waals surface area contributed by atoms with Gasteiger partial charge in [-0.1, -0.05) is 19.3 Å². The molecule has 1 aliphatic rings. The molecule has 4 aromatic rings. The summed E-state index contributed by atoms with van der Waals surface area (Å²) in [6.45, 7) is 1.44.